The second-order valence-electron chi connectivity index (χ2n) is 4.01. The largest absolute Gasteiger partial charge is 0.466 e. The molecule has 0 saturated heterocycles. The monoisotopic (exact) mass is 234 g/mol. The van der Waals surface area contributed by atoms with E-state index in [0.29, 0.717) is 0 Å². The van der Waals surface area contributed by atoms with Gasteiger partial charge in [-0.1, -0.05) is 38.8 Å². The smallest absolute Gasteiger partial charge is 0.103 e. The Labute approximate surface area is 107 Å². The van der Waals surface area contributed by atoms with Crippen LogP contribution in [0, 0.1) is 0 Å². The summed E-state index contributed by atoms with van der Waals surface area (Å²) in [6.07, 6.45) is 14.0. The zero-order valence-corrected chi connectivity index (χ0v) is 11.4. The summed E-state index contributed by atoms with van der Waals surface area (Å²) in [7, 11) is 0. The van der Waals surface area contributed by atoms with Crippen LogP contribution in [0.4, 0.5) is 0 Å². The van der Waals surface area contributed by atoms with Gasteiger partial charge in [0, 0.05) is 12.8 Å². The minimum Gasteiger partial charge on any atom is -0.466 e. The molecule has 0 unspecified atom stereocenters. The van der Waals surface area contributed by atoms with Crippen LogP contribution >= 0.6 is 0 Å². The molecule has 0 rings (SSSR count). The molecule has 96 valence electrons. The van der Waals surface area contributed by atoms with Crippen LogP contribution in [0.1, 0.15) is 52.4 Å². The fourth-order valence-corrected chi connectivity index (χ4v) is 1.40. The maximum Gasteiger partial charge on any atom is 0.103 e. The molecule has 0 aromatic rings. The Hall–Kier alpha value is -1.24. The van der Waals surface area contributed by atoms with Crippen LogP contribution in [0.3, 0.4) is 0 Å². The zero-order valence-electron chi connectivity index (χ0n) is 11.4. The normalized spacial score (nSPS) is 12.4. The van der Waals surface area contributed by atoms with E-state index in [9.17, 15) is 0 Å². The van der Waals surface area contributed by atoms with Crippen molar-refractivity contribution in [2.24, 2.45) is 0 Å². The van der Waals surface area contributed by atoms with Gasteiger partial charge in [-0.2, -0.15) is 0 Å². The first-order chi connectivity index (χ1) is 8.28. The third kappa shape index (κ3) is 8.56. The molecule has 17 heavy (non-hydrogen) atoms. The lowest BCUT2D eigenvalue weighted by Crippen LogP contribution is -1.93. The van der Waals surface area contributed by atoms with E-state index in [4.69, 9.17) is 4.74 Å². The van der Waals surface area contributed by atoms with Gasteiger partial charge in [-0.3, -0.25) is 0 Å². The van der Waals surface area contributed by atoms with Crippen molar-refractivity contribution < 1.29 is 4.74 Å². The molecule has 0 aromatic carbocycles. The predicted octanol–water partition coefficient (Wildman–Crippen LogP) is 5.52. The Morgan fingerprint density at radius 2 is 1.29 bits per heavy atom. The summed E-state index contributed by atoms with van der Waals surface area (Å²) >= 11 is 0. The zero-order chi connectivity index (χ0) is 12.9. The highest BCUT2D eigenvalue weighted by atomic mass is 16.5. The lowest BCUT2D eigenvalue weighted by Gasteiger charge is -2.11. The van der Waals surface area contributed by atoms with E-state index in [1.165, 1.54) is 0 Å². The van der Waals surface area contributed by atoms with Crippen molar-refractivity contribution in [2.45, 2.75) is 52.4 Å². The summed E-state index contributed by atoms with van der Waals surface area (Å²) in [6.45, 7) is 11.9. The Balaban J connectivity index is 4.53. The third-order valence-electron chi connectivity index (χ3n) is 2.27. The first-order valence-electron chi connectivity index (χ1n) is 6.56. The molecule has 0 amide bonds. The molecular formula is C16H26O. The van der Waals surface area contributed by atoms with E-state index in [-0.39, 0.29) is 0 Å². The summed E-state index contributed by atoms with van der Waals surface area (Å²) < 4.78 is 5.92. The molecule has 0 aromatic heterocycles. The molecule has 0 fully saturated rings. The third-order valence-corrected chi connectivity index (χ3v) is 2.27. The van der Waals surface area contributed by atoms with Crippen LogP contribution in [0.5, 0.6) is 0 Å². The molecule has 0 aliphatic carbocycles. The molecule has 0 saturated carbocycles. The molecule has 0 aliphatic heterocycles. The van der Waals surface area contributed by atoms with Gasteiger partial charge in [0.15, 0.2) is 0 Å². The van der Waals surface area contributed by atoms with Gasteiger partial charge < -0.3 is 4.74 Å². The van der Waals surface area contributed by atoms with Crippen LogP contribution in [-0.4, -0.2) is 0 Å². The number of ether oxygens (including phenoxy) is 1. The van der Waals surface area contributed by atoms with E-state index < -0.39 is 0 Å². The van der Waals surface area contributed by atoms with Gasteiger partial charge in [0.2, 0.25) is 0 Å². The standard InChI is InChI=1S/C16H26O/c1-5-9-13-15(11-7-3)17-16(12-8-4)14-10-6-2/h7-8,13-14H,3-6,9-12H2,1-2H3. The van der Waals surface area contributed by atoms with Crippen molar-refractivity contribution in [3.05, 3.63) is 49.0 Å². The summed E-state index contributed by atoms with van der Waals surface area (Å²) in [5.41, 5.74) is 0. The van der Waals surface area contributed by atoms with Gasteiger partial charge >= 0.3 is 0 Å². The minimum atomic E-state index is 0.792. The Morgan fingerprint density at radius 3 is 1.59 bits per heavy atom. The number of rotatable bonds is 10. The molecular weight excluding hydrogens is 208 g/mol. The lowest BCUT2D eigenvalue weighted by molar-refractivity contribution is 0.288. The first-order valence-corrected chi connectivity index (χ1v) is 6.56. The van der Waals surface area contributed by atoms with Crippen molar-refractivity contribution in [3.8, 4) is 0 Å². The molecule has 0 spiro atoms. The van der Waals surface area contributed by atoms with E-state index in [2.05, 4.69) is 39.2 Å². The fourth-order valence-electron chi connectivity index (χ4n) is 1.40. The second kappa shape index (κ2) is 11.3. The molecule has 1 nitrogen and oxygen atoms in total. The number of allylic oxidation sites excluding steroid dienone is 4. The maximum atomic E-state index is 5.92. The molecule has 0 radical (unpaired) electrons. The van der Waals surface area contributed by atoms with Gasteiger partial charge in [-0.05, 0) is 25.0 Å². The van der Waals surface area contributed by atoms with Crippen LogP contribution in [-0.2, 0) is 4.74 Å². The van der Waals surface area contributed by atoms with E-state index in [0.717, 1.165) is 50.0 Å². The molecule has 0 bridgehead atoms. The topological polar surface area (TPSA) is 9.23 Å². The highest BCUT2D eigenvalue weighted by molar-refractivity contribution is 5.07. The van der Waals surface area contributed by atoms with E-state index in [1.54, 1.807) is 0 Å². The average Bonchev–Trinajstić information content (AvgIpc) is 2.33. The van der Waals surface area contributed by atoms with Crippen molar-refractivity contribution in [3.63, 3.8) is 0 Å². The highest BCUT2D eigenvalue weighted by Crippen LogP contribution is 2.16. The summed E-state index contributed by atoms with van der Waals surface area (Å²) in [5, 5.41) is 0. The van der Waals surface area contributed by atoms with Crippen molar-refractivity contribution >= 4 is 0 Å². The van der Waals surface area contributed by atoms with Gasteiger partial charge in [0.1, 0.15) is 11.5 Å². The molecule has 0 atom stereocenters. The van der Waals surface area contributed by atoms with E-state index >= 15 is 0 Å². The quantitative estimate of drug-likeness (QED) is 0.357. The SMILES string of the molecule is C=CCC(=CCCC)OC(=CCCC)CC=C. The Bertz CT molecular complexity index is 243. The Kier molecular flexibility index (Phi) is 10.4. The number of unbranched alkanes of at least 4 members (excludes halogenated alkanes) is 2. The second-order valence-corrected chi connectivity index (χ2v) is 4.01. The van der Waals surface area contributed by atoms with Crippen molar-refractivity contribution in [1.29, 1.82) is 0 Å². The Morgan fingerprint density at radius 1 is 0.882 bits per heavy atom. The van der Waals surface area contributed by atoms with Gasteiger partial charge in [0.25, 0.3) is 0 Å². The molecule has 1 heteroatoms. The average molecular weight is 234 g/mol. The minimum absolute atomic E-state index is 0.792. The first kappa shape index (κ1) is 15.8. The van der Waals surface area contributed by atoms with Crippen molar-refractivity contribution in [1.82, 2.24) is 0 Å². The maximum absolute atomic E-state index is 5.92. The van der Waals surface area contributed by atoms with Crippen LogP contribution in [0.25, 0.3) is 0 Å². The summed E-state index contributed by atoms with van der Waals surface area (Å²) in [5.74, 6) is 2.01. The molecule has 0 heterocycles. The summed E-state index contributed by atoms with van der Waals surface area (Å²) in [6, 6.07) is 0. The van der Waals surface area contributed by atoms with Gasteiger partial charge in [0.05, 0.1) is 0 Å². The lowest BCUT2D eigenvalue weighted by atomic mass is 10.2. The highest BCUT2D eigenvalue weighted by Gasteiger charge is 2.00. The fraction of sp³-hybridized carbons (Fsp3) is 0.500. The number of hydrogen-bond donors (Lipinski definition) is 0. The molecule has 0 N–H and O–H groups in total. The van der Waals surface area contributed by atoms with Crippen LogP contribution in [0.2, 0.25) is 0 Å². The van der Waals surface area contributed by atoms with Gasteiger partial charge in [-0.15, -0.1) is 13.2 Å². The number of hydrogen-bond acceptors (Lipinski definition) is 1. The summed E-state index contributed by atoms with van der Waals surface area (Å²) in [4.78, 5) is 0. The van der Waals surface area contributed by atoms with Crippen LogP contribution in [0.15, 0.2) is 49.0 Å². The molecule has 0 aliphatic rings. The van der Waals surface area contributed by atoms with Crippen LogP contribution < -0.4 is 0 Å². The van der Waals surface area contributed by atoms with Crippen molar-refractivity contribution in [2.75, 3.05) is 0 Å². The van der Waals surface area contributed by atoms with E-state index in [1.807, 2.05) is 12.2 Å². The predicted molar refractivity (Wildman–Crippen MR) is 76.7 cm³/mol. The van der Waals surface area contributed by atoms with Gasteiger partial charge in [-0.25, -0.2) is 0 Å².